The van der Waals surface area contributed by atoms with Crippen molar-refractivity contribution in [3.63, 3.8) is 0 Å². The lowest BCUT2D eigenvalue weighted by molar-refractivity contribution is -0.0721. The summed E-state index contributed by atoms with van der Waals surface area (Å²) in [5, 5.41) is 0. The molecule has 0 aromatic heterocycles. The van der Waals surface area contributed by atoms with Gasteiger partial charge in [-0.05, 0) is 55.6 Å². The van der Waals surface area contributed by atoms with E-state index in [0.29, 0.717) is 0 Å². The summed E-state index contributed by atoms with van der Waals surface area (Å²) in [6.07, 6.45) is 3.56. The highest BCUT2D eigenvalue weighted by Gasteiger charge is 2.28. The molecule has 1 aromatic rings. The molecule has 0 aliphatic carbocycles. The molecule has 1 fully saturated rings. The van der Waals surface area contributed by atoms with Gasteiger partial charge in [0.1, 0.15) is 0 Å². The van der Waals surface area contributed by atoms with Crippen molar-refractivity contribution in [2.75, 3.05) is 6.61 Å². The lowest BCUT2D eigenvalue weighted by Crippen LogP contribution is -2.34. The Balaban J connectivity index is 2.07. The largest absolute Gasteiger partial charge is 0.376 e. The van der Waals surface area contributed by atoms with E-state index >= 15 is 0 Å². The quantitative estimate of drug-likeness (QED) is 0.747. The predicted octanol–water partition coefficient (Wildman–Crippen LogP) is 4.73. The number of hydrogen-bond acceptors (Lipinski definition) is 1. The van der Waals surface area contributed by atoms with Gasteiger partial charge in [0.15, 0.2) is 0 Å². The van der Waals surface area contributed by atoms with E-state index in [1.54, 1.807) is 0 Å². The standard InChI is InChI=1S/C18H28O/c1-17(2,3)16-8-6-7-14(12-16)11-15-9-10-19-18(4,5)13-15/h6-8,12,15H,9-11,13H2,1-5H3. The molecule has 1 heteroatoms. The molecule has 2 rings (SSSR count). The van der Waals surface area contributed by atoms with Gasteiger partial charge in [-0.3, -0.25) is 0 Å². The van der Waals surface area contributed by atoms with Crippen molar-refractivity contribution in [1.82, 2.24) is 0 Å². The van der Waals surface area contributed by atoms with E-state index in [-0.39, 0.29) is 11.0 Å². The van der Waals surface area contributed by atoms with Crippen LogP contribution in [0.25, 0.3) is 0 Å². The molecule has 0 spiro atoms. The van der Waals surface area contributed by atoms with E-state index in [0.717, 1.165) is 12.5 Å². The monoisotopic (exact) mass is 260 g/mol. The molecule has 1 saturated heterocycles. The minimum Gasteiger partial charge on any atom is -0.376 e. The van der Waals surface area contributed by atoms with Crippen molar-refractivity contribution in [2.45, 2.75) is 64.9 Å². The van der Waals surface area contributed by atoms with Gasteiger partial charge in [0.25, 0.3) is 0 Å². The average Bonchev–Trinajstić information content (AvgIpc) is 2.26. The van der Waals surface area contributed by atoms with Crippen LogP contribution < -0.4 is 0 Å². The summed E-state index contributed by atoms with van der Waals surface area (Å²) in [4.78, 5) is 0. The molecule has 1 aromatic carbocycles. The first-order valence-corrected chi connectivity index (χ1v) is 7.50. The van der Waals surface area contributed by atoms with E-state index in [1.807, 2.05) is 0 Å². The van der Waals surface area contributed by atoms with Crippen LogP contribution in [0.4, 0.5) is 0 Å². The molecule has 106 valence electrons. The normalized spacial score (nSPS) is 23.3. The minimum atomic E-state index is 0.0601. The molecule has 19 heavy (non-hydrogen) atoms. The van der Waals surface area contributed by atoms with Gasteiger partial charge in [-0.15, -0.1) is 0 Å². The third-order valence-electron chi connectivity index (χ3n) is 4.12. The van der Waals surface area contributed by atoms with Crippen molar-refractivity contribution in [2.24, 2.45) is 5.92 Å². The molecular formula is C18H28O. The first-order valence-electron chi connectivity index (χ1n) is 7.50. The molecule has 1 aliphatic heterocycles. The van der Waals surface area contributed by atoms with Gasteiger partial charge in [-0.1, -0.05) is 45.0 Å². The van der Waals surface area contributed by atoms with Gasteiger partial charge in [-0.25, -0.2) is 0 Å². The summed E-state index contributed by atoms with van der Waals surface area (Å²) in [6.45, 7) is 12.2. The van der Waals surface area contributed by atoms with Crippen molar-refractivity contribution in [3.05, 3.63) is 35.4 Å². The Labute approximate surface area is 118 Å². The lowest BCUT2D eigenvalue weighted by atomic mass is 9.82. The summed E-state index contributed by atoms with van der Waals surface area (Å²) in [6, 6.07) is 9.12. The number of rotatable bonds is 2. The van der Waals surface area contributed by atoms with Gasteiger partial charge < -0.3 is 4.74 Å². The second-order valence-corrected chi connectivity index (χ2v) is 7.62. The predicted molar refractivity (Wildman–Crippen MR) is 81.6 cm³/mol. The maximum absolute atomic E-state index is 5.81. The molecule has 0 N–H and O–H groups in total. The van der Waals surface area contributed by atoms with Crippen LogP contribution in [-0.2, 0) is 16.6 Å². The van der Waals surface area contributed by atoms with E-state index in [4.69, 9.17) is 4.74 Å². The summed E-state index contributed by atoms with van der Waals surface area (Å²) < 4.78 is 5.81. The van der Waals surface area contributed by atoms with Crippen LogP contribution in [0.2, 0.25) is 0 Å². The van der Waals surface area contributed by atoms with Crippen LogP contribution in [0.3, 0.4) is 0 Å². The minimum absolute atomic E-state index is 0.0601. The maximum atomic E-state index is 5.81. The Morgan fingerprint density at radius 2 is 2.00 bits per heavy atom. The summed E-state index contributed by atoms with van der Waals surface area (Å²) in [5.41, 5.74) is 3.22. The van der Waals surface area contributed by atoms with Crippen molar-refractivity contribution in [3.8, 4) is 0 Å². The van der Waals surface area contributed by atoms with E-state index < -0.39 is 0 Å². The Kier molecular flexibility index (Phi) is 4.06. The number of benzene rings is 1. The van der Waals surface area contributed by atoms with Gasteiger partial charge in [0.2, 0.25) is 0 Å². The molecule has 0 saturated carbocycles. The summed E-state index contributed by atoms with van der Waals surface area (Å²) in [7, 11) is 0. The Morgan fingerprint density at radius 1 is 1.26 bits per heavy atom. The van der Waals surface area contributed by atoms with Crippen LogP contribution in [-0.4, -0.2) is 12.2 Å². The topological polar surface area (TPSA) is 9.23 Å². The highest BCUT2D eigenvalue weighted by atomic mass is 16.5. The molecule has 1 aliphatic rings. The zero-order chi connectivity index (χ0) is 14.1. The molecule has 0 bridgehead atoms. The summed E-state index contributed by atoms with van der Waals surface area (Å²) in [5.74, 6) is 0.763. The highest BCUT2D eigenvalue weighted by molar-refractivity contribution is 5.29. The van der Waals surface area contributed by atoms with Crippen LogP contribution >= 0.6 is 0 Å². The zero-order valence-corrected chi connectivity index (χ0v) is 13.1. The average molecular weight is 260 g/mol. The fourth-order valence-electron chi connectivity index (χ4n) is 3.03. The second kappa shape index (κ2) is 5.28. The number of hydrogen-bond donors (Lipinski definition) is 0. The van der Waals surface area contributed by atoms with E-state index in [2.05, 4.69) is 58.9 Å². The Bertz CT molecular complexity index is 426. The Morgan fingerprint density at radius 3 is 2.63 bits per heavy atom. The first-order chi connectivity index (χ1) is 8.76. The van der Waals surface area contributed by atoms with Crippen molar-refractivity contribution >= 4 is 0 Å². The molecule has 1 atom stereocenters. The molecule has 0 amide bonds. The third-order valence-corrected chi connectivity index (χ3v) is 4.12. The smallest absolute Gasteiger partial charge is 0.0629 e. The van der Waals surface area contributed by atoms with Crippen LogP contribution in [0.1, 0.15) is 58.6 Å². The fourth-order valence-corrected chi connectivity index (χ4v) is 3.03. The Hall–Kier alpha value is -0.820. The van der Waals surface area contributed by atoms with Gasteiger partial charge in [-0.2, -0.15) is 0 Å². The summed E-state index contributed by atoms with van der Waals surface area (Å²) >= 11 is 0. The van der Waals surface area contributed by atoms with Gasteiger partial charge in [0, 0.05) is 6.61 Å². The lowest BCUT2D eigenvalue weighted by Gasteiger charge is -2.35. The van der Waals surface area contributed by atoms with Crippen LogP contribution in [0.5, 0.6) is 0 Å². The highest BCUT2D eigenvalue weighted by Crippen LogP contribution is 2.31. The fraction of sp³-hybridized carbons (Fsp3) is 0.667. The van der Waals surface area contributed by atoms with E-state index in [1.165, 1.54) is 30.4 Å². The number of ether oxygens (including phenoxy) is 1. The first kappa shape index (κ1) is 14.6. The molecule has 0 radical (unpaired) electrons. The van der Waals surface area contributed by atoms with Crippen molar-refractivity contribution in [1.29, 1.82) is 0 Å². The van der Waals surface area contributed by atoms with Gasteiger partial charge in [0.05, 0.1) is 5.60 Å². The molecular weight excluding hydrogens is 232 g/mol. The van der Waals surface area contributed by atoms with Crippen LogP contribution in [0, 0.1) is 5.92 Å². The molecule has 1 nitrogen and oxygen atoms in total. The SMILES string of the molecule is CC1(C)CC(Cc2cccc(C(C)(C)C)c2)CCO1. The van der Waals surface area contributed by atoms with Crippen molar-refractivity contribution < 1.29 is 4.74 Å². The van der Waals surface area contributed by atoms with Gasteiger partial charge >= 0.3 is 0 Å². The van der Waals surface area contributed by atoms with E-state index in [9.17, 15) is 0 Å². The second-order valence-electron chi connectivity index (χ2n) is 7.62. The third kappa shape index (κ3) is 4.07. The zero-order valence-electron chi connectivity index (χ0n) is 13.1. The molecule has 1 heterocycles. The maximum Gasteiger partial charge on any atom is 0.0629 e. The van der Waals surface area contributed by atoms with Crippen LogP contribution in [0.15, 0.2) is 24.3 Å². The molecule has 1 unspecified atom stereocenters.